The van der Waals surface area contributed by atoms with Gasteiger partial charge >= 0.3 is 12.1 Å². The molecule has 0 saturated heterocycles. The van der Waals surface area contributed by atoms with E-state index in [-0.39, 0.29) is 6.42 Å². The van der Waals surface area contributed by atoms with Crippen LogP contribution in [0.15, 0.2) is 0 Å². The lowest BCUT2D eigenvalue weighted by Crippen LogP contribution is -2.45. The molecule has 0 aliphatic heterocycles. The number of hydrogen-bond donors (Lipinski definition) is 3. The molecule has 110 valence electrons. The molecule has 0 radical (unpaired) electrons. The third kappa shape index (κ3) is 4.07. The van der Waals surface area contributed by atoms with E-state index < -0.39 is 41.8 Å². The normalized spacial score (nSPS) is 30.8. The van der Waals surface area contributed by atoms with Gasteiger partial charge in [0.15, 0.2) is 0 Å². The molecule has 1 amide bonds. The van der Waals surface area contributed by atoms with Crippen LogP contribution in [0.5, 0.6) is 0 Å². The quantitative estimate of drug-likeness (QED) is 0.602. The molecule has 19 heavy (non-hydrogen) atoms. The highest BCUT2D eigenvalue weighted by Gasteiger charge is 2.46. The van der Waals surface area contributed by atoms with Crippen LogP contribution in [0.1, 0.15) is 27.2 Å². The summed E-state index contributed by atoms with van der Waals surface area (Å²) >= 11 is 0. The summed E-state index contributed by atoms with van der Waals surface area (Å²) in [5, 5.41) is 22.0. The molecular weight excluding hydrogens is 254 g/mol. The maximum atomic E-state index is 11.6. The van der Waals surface area contributed by atoms with Gasteiger partial charge in [0.1, 0.15) is 11.7 Å². The number of nitrogens with one attached hydrogen (secondary N) is 1. The fraction of sp³-hybridized carbons (Fsp3) is 0.833. The molecule has 1 fully saturated rings. The number of alkyl carbamates (subject to hydrolysis) is 1. The molecule has 1 saturated carbocycles. The lowest BCUT2D eigenvalue weighted by atomic mass is 10.1. The summed E-state index contributed by atoms with van der Waals surface area (Å²) in [6.07, 6.45) is -3.08. The second kappa shape index (κ2) is 5.75. The van der Waals surface area contributed by atoms with Crippen LogP contribution >= 0.6 is 0 Å². The molecular formula is C12H21NO6. The first-order chi connectivity index (χ1) is 8.65. The van der Waals surface area contributed by atoms with Gasteiger partial charge in [-0.1, -0.05) is 0 Å². The average Bonchev–Trinajstić information content (AvgIpc) is 2.54. The number of methoxy groups -OCH3 is 1. The Morgan fingerprint density at radius 3 is 2.26 bits per heavy atom. The number of carbonyl (C=O) groups excluding carboxylic acids is 2. The topological polar surface area (TPSA) is 105 Å². The molecule has 0 heterocycles. The standard InChI is InChI=1S/C12H21NO6/c1-12(2,3)19-11(17)13-7-5-6(10(16)18-4)8(14)9(7)15/h6-9,14-15H,5H2,1-4H3,(H,13,17)/t6-,7+,8+,9-/m0/s1. The van der Waals surface area contributed by atoms with Crippen molar-refractivity contribution < 1.29 is 29.3 Å². The van der Waals surface area contributed by atoms with Crippen LogP contribution in [0, 0.1) is 5.92 Å². The number of carbonyl (C=O) groups is 2. The Hall–Kier alpha value is -1.34. The van der Waals surface area contributed by atoms with Gasteiger partial charge in [-0.3, -0.25) is 4.79 Å². The largest absolute Gasteiger partial charge is 0.469 e. The Kier molecular flexibility index (Phi) is 4.75. The predicted molar refractivity (Wildman–Crippen MR) is 65.3 cm³/mol. The van der Waals surface area contributed by atoms with E-state index in [1.54, 1.807) is 20.8 Å². The van der Waals surface area contributed by atoms with Crippen molar-refractivity contribution >= 4 is 12.1 Å². The van der Waals surface area contributed by atoms with Crippen molar-refractivity contribution in [2.45, 2.75) is 51.0 Å². The van der Waals surface area contributed by atoms with Gasteiger partial charge in [0.2, 0.25) is 0 Å². The van der Waals surface area contributed by atoms with Crippen molar-refractivity contribution in [2.24, 2.45) is 5.92 Å². The SMILES string of the molecule is COC(=O)[C@H]1C[C@@H](NC(=O)OC(C)(C)C)[C@H](O)[C@@H]1O. The van der Waals surface area contributed by atoms with E-state index >= 15 is 0 Å². The van der Waals surface area contributed by atoms with Crippen molar-refractivity contribution in [2.75, 3.05) is 7.11 Å². The molecule has 0 unspecified atom stereocenters. The van der Waals surface area contributed by atoms with Crippen molar-refractivity contribution in [3.63, 3.8) is 0 Å². The summed E-state index contributed by atoms with van der Waals surface area (Å²) in [6.45, 7) is 5.14. The zero-order chi connectivity index (χ0) is 14.8. The van der Waals surface area contributed by atoms with Gasteiger partial charge in [0, 0.05) is 0 Å². The minimum atomic E-state index is -1.26. The zero-order valence-corrected chi connectivity index (χ0v) is 11.5. The number of rotatable bonds is 2. The number of aliphatic hydroxyl groups is 2. The van der Waals surface area contributed by atoms with Gasteiger partial charge < -0.3 is 25.0 Å². The monoisotopic (exact) mass is 275 g/mol. The van der Waals surface area contributed by atoms with E-state index in [2.05, 4.69) is 10.1 Å². The Labute approximate surface area is 111 Å². The van der Waals surface area contributed by atoms with Crippen molar-refractivity contribution in [1.82, 2.24) is 5.32 Å². The van der Waals surface area contributed by atoms with Crippen LogP contribution in [0.2, 0.25) is 0 Å². The summed E-state index contributed by atoms with van der Waals surface area (Å²) in [7, 11) is 1.20. The van der Waals surface area contributed by atoms with Crippen LogP contribution < -0.4 is 5.32 Å². The molecule has 1 aliphatic carbocycles. The molecule has 7 nitrogen and oxygen atoms in total. The summed E-state index contributed by atoms with van der Waals surface area (Å²) in [5.74, 6) is -1.46. The van der Waals surface area contributed by atoms with E-state index in [0.717, 1.165) is 0 Å². The van der Waals surface area contributed by atoms with Gasteiger partial charge in [-0.15, -0.1) is 0 Å². The van der Waals surface area contributed by atoms with Gasteiger partial charge in [-0.05, 0) is 27.2 Å². The molecule has 0 aromatic rings. The van der Waals surface area contributed by atoms with Crippen molar-refractivity contribution in [3.05, 3.63) is 0 Å². The molecule has 0 spiro atoms. The van der Waals surface area contributed by atoms with E-state index in [1.165, 1.54) is 7.11 Å². The zero-order valence-electron chi connectivity index (χ0n) is 11.5. The smallest absolute Gasteiger partial charge is 0.407 e. The molecule has 0 aromatic heterocycles. The maximum absolute atomic E-state index is 11.6. The number of aliphatic hydroxyl groups excluding tert-OH is 2. The van der Waals surface area contributed by atoms with Gasteiger partial charge in [0.05, 0.1) is 25.2 Å². The lowest BCUT2D eigenvalue weighted by molar-refractivity contribution is -0.149. The molecule has 4 atom stereocenters. The highest BCUT2D eigenvalue weighted by Crippen LogP contribution is 2.28. The summed E-state index contributed by atoms with van der Waals surface area (Å²) in [6, 6.07) is -0.742. The summed E-state index contributed by atoms with van der Waals surface area (Å²) in [5.41, 5.74) is -0.659. The van der Waals surface area contributed by atoms with E-state index in [4.69, 9.17) is 4.74 Å². The van der Waals surface area contributed by atoms with Gasteiger partial charge in [-0.2, -0.15) is 0 Å². The second-order valence-corrected chi connectivity index (χ2v) is 5.60. The Bertz CT molecular complexity index is 351. The van der Waals surface area contributed by atoms with Crippen LogP contribution in [-0.4, -0.2) is 53.2 Å². The first-order valence-corrected chi connectivity index (χ1v) is 6.09. The Morgan fingerprint density at radius 1 is 1.21 bits per heavy atom. The highest BCUT2D eigenvalue weighted by molar-refractivity contribution is 5.74. The summed E-state index contributed by atoms with van der Waals surface area (Å²) in [4.78, 5) is 23.0. The number of ether oxygens (including phenoxy) is 2. The highest BCUT2D eigenvalue weighted by atomic mass is 16.6. The number of esters is 1. The maximum Gasteiger partial charge on any atom is 0.407 e. The molecule has 0 aromatic carbocycles. The minimum Gasteiger partial charge on any atom is -0.469 e. The van der Waals surface area contributed by atoms with E-state index in [1.807, 2.05) is 0 Å². The first kappa shape index (κ1) is 15.7. The first-order valence-electron chi connectivity index (χ1n) is 6.09. The van der Waals surface area contributed by atoms with Gasteiger partial charge in [-0.25, -0.2) is 4.79 Å². The van der Waals surface area contributed by atoms with Crippen molar-refractivity contribution in [3.8, 4) is 0 Å². The van der Waals surface area contributed by atoms with Crippen molar-refractivity contribution in [1.29, 1.82) is 0 Å². The molecule has 7 heteroatoms. The molecule has 3 N–H and O–H groups in total. The predicted octanol–water partition coefficient (Wildman–Crippen LogP) is -0.206. The second-order valence-electron chi connectivity index (χ2n) is 5.60. The molecule has 1 aliphatic rings. The molecule has 0 bridgehead atoms. The van der Waals surface area contributed by atoms with Crippen LogP contribution in [0.3, 0.4) is 0 Å². The van der Waals surface area contributed by atoms with Crippen LogP contribution in [0.25, 0.3) is 0 Å². The van der Waals surface area contributed by atoms with E-state index in [9.17, 15) is 19.8 Å². The number of hydrogen-bond acceptors (Lipinski definition) is 6. The Morgan fingerprint density at radius 2 is 1.79 bits per heavy atom. The Balaban J connectivity index is 2.61. The third-order valence-corrected chi connectivity index (χ3v) is 2.89. The number of amides is 1. The fourth-order valence-corrected chi connectivity index (χ4v) is 2.02. The average molecular weight is 275 g/mol. The van der Waals surface area contributed by atoms with Gasteiger partial charge in [0.25, 0.3) is 0 Å². The van der Waals surface area contributed by atoms with Crippen LogP contribution in [-0.2, 0) is 14.3 Å². The molecule has 1 rings (SSSR count). The van der Waals surface area contributed by atoms with E-state index in [0.29, 0.717) is 0 Å². The lowest BCUT2D eigenvalue weighted by Gasteiger charge is -2.23. The summed E-state index contributed by atoms with van der Waals surface area (Å²) < 4.78 is 9.58. The minimum absolute atomic E-state index is 0.105. The third-order valence-electron chi connectivity index (χ3n) is 2.89. The fourth-order valence-electron chi connectivity index (χ4n) is 2.02. The van der Waals surface area contributed by atoms with Crippen LogP contribution in [0.4, 0.5) is 4.79 Å².